The minimum Gasteiger partial charge on any atom is -0.373 e. The maximum atomic E-state index is 6.23. The lowest BCUT2D eigenvalue weighted by Gasteiger charge is -2.10. The second-order valence-corrected chi connectivity index (χ2v) is 5.07. The van der Waals surface area contributed by atoms with E-state index >= 15 is 0 Å². The van der Waals surface area contributed by atoms with Crippen LogP contribution in [0.2, 0.25) is 10.0 Å². The van der Waals surface area contributed by atoms with E-state index < -0.39 is 0 Å². The maximum Gasteiger partial charge on any atom is 0.165 e. The lowest BCUT2D eigenvalue weighted by Crippen LogP contribution is -1.99. The van der Waals surface area contributed by atoms with Crippen molar-refractivity contribution in [3.8, 4) is 11.4 Å². The second kappa shape index (κ2) is 5.27. The molecular weight excluding hydrogens is 293 g/mol. The van der Waals surface area contributed by atoms with Crippen molar-refractivity contribution < 1.29 is 0 Å². The molecule has 100 valence electrons. The Morgan fingerprint density at radius 2 is 1.60 bits per heavy atom. The molecule has 20 heavy (non-hydrogen) atoms. The number of aromatic nitrogens is 2. The summed E-state index contributed by atoms with van der Waals surface area (Å²) >= 11 is 12.5. The predicted molar refractivity (Wildman–Crippen MR) is 84.5 cm³/mol. The average molecular weight is 304 g/mol. The first-order valence-corrected chi connectivity index (χ1v) is 6.85. The van der Waals surface area contributed by atoms with Crippen molar-refractivity contribution in [1.29, 1.82) is 0 Å². The molecule has 1 N–H and O–H groups in total. The standard InChI is InChI=1S/C15H11Cl2N3/c1-18-14-9-5-2-3-8-12(9)19-15(20-14)13-10(16)6-4-7-11(13)17/h2-8H,1H3,(H,18,19,20). The van der Waals surface area contributed by atoms with E-state index in [1.54, 1.807) is 18.2 Å². The number of hydrogen-bond acceptors (Lipinski definition) is 3. The minimum atomic E-state index is 0.517. The summed E-state index contributed by atoms with van der Waals surface area (Å²) in [6, 6.07) is 13.2. The van der Waals surface area contributed by atoms with Crippen LogP contribution < -0.4 is 5.32 Å². The number of nitrogens with zero attached hydrogens (tertiary/aromatic N) is 2. The number of hydrogen-bond donors (Lipinski definition) is 1. The fourth-order valence-corrected chi connectivity index (χ4v) is 2.66. The summed E-state index contributed by atoms with van der Waals surface area (Å²) in [5.41, 5.74) is 1.50. The van der Waals surface area contributed by atoms with E-state index in [4.69, 9.17) is 23.2 Å². The van der Waals surface area contributed by atoms with Crippen LogP contribution in [0.1, 0.15) is 0 Å². The van der Waals surface area contributed by atoms with Gasteiger partial charge in [-0.2, -0.15) is 0 Å². The zero-order chi connectivity index (χ0) is 14.1. The highest BCUT2D eigenvalue weighted by Gasteiger charge is 2.14. The summed E-state index contributed by atoms with van der Waals surface area (Å²) in [4.78, 5) is 9.08. The summed E-state index contributed by atoms with van der Waals surface area (Å²) in [6.07, 6.45) is 0. The molecule has 1 heterocycles. The van der Waals surface area contributed by atoms with Crippen molar-refractivity contribution in [1.82, 2.24) is 9.97 Å². The molecule has 0 aliphatic heterocycles. The van der Waals surface area contributed by atoms with Crippen LogP contribution >= 0.6 is 23.2 Å². The van der Waals surface area contributed by atoms with Gasteiger partial charge in [0.1, 0.15) is 5.82 Å². The van der Waals surface area contributed by atoms with Gasteiger partial charge in [-0.15, -0.1) is 0 Å². The van der Waals surface area contributed by atoms with Crippen LogP contribution in [0, 0.1) is 0 Å². The normalized spacial score (nSPS) is 10.8. The number of nitrogens with one attached hydrogen (secondary N) is 1. The largest absolute Gasteiger partial charge is 0.373 e. The van der Waals surface area contributed by atoms with Crippen LogP contribution in [0.15, 0.2) is 42.5 Å². The van der Waals surface area contributed by atoms with Crippen molar-refractivity contribution in [2.45, 2.75) is 0 Å². The highest BCUT2D eigenvalue weighted by molar-refractivity contribution is 6.39. The zero-order valence-electron chi connectivity index (χ0n) is 10.7. The molecule has 0 aliphatic rings. The van der Waals surface area contributed by atoms with Crippen LogP contribution in [-0.4, -0.2) is 17.0 Å². The predicted octanol–water partition coefficient (Wildman–Crippen LogP) is 4.65. The van der Waals surface area contributed by atoms with Crippen molar-refractivity contribution in [2.24, 2.45) is 0 Å². The molecule has 0 saturated heterocycles. The summed E-state index contributed by atoms with van der Waals surface area (Å²) in [7, 11) is 1.83. The Kier molecular flexibility index (Phi) is 3.47. The molecule has 0 bridgehead atoms. The Balaban J connectivity index is 2.32. The summed E-state index contributed by atoms with van der Waals surface area (Å²) in [6.45, 7) is 0. The van der Waals surface area contributed by atoms with E-state index in [0.29, 0.717) is 21.4 Å². The second-order valence-electron chi connectivity index (χ2n) is 4.26. The molecule has 2 aromatic carbocycles. The zero-order valence-corrected chi connectivity index (χ0v) is 12.2. The fourth-order valence-electron chi connectivity index (χ4n) is 2.09. The molecule has 0 atom stereocenters. The first kappa shape index (κ1) is 13.2. The van der Waals surface area contributed by atoms with E-state index in [1.165, 1.54) is 0 Å². The number of benzene rings is 2. The number of para-hydroxylation sites is 1. The highest BCUT2D eigenvalue weighted by Crippen LogP contribution is 2.34. The number of halogens is 2. The van der Waals surface area contributed by atoms with Gasteiger partial charge in [0.2, 0.25) is 0 Å². The molecule has 0 amide bonds. The third-order valence-electron chi connectivity index (χ3n) is 3.03. The highest BCUT2D eigenvalue weighted by atomic mass is 35.5. The first-order valence-electron chi connectivity index (χ1n) is 6.09. The number of fused-ring (bicyclic) bond motifs is 1. The summed E-state index contributed by atoms with van der Waals surface area (Å²) in [5, 5.41) is 5.12. The smallest absolute Gasteiger partial charge is 0.165 e. The van der Waals surface area contributed by atoms with Crippen LogP contribution in [0.5, 0.6) is 0 Å². The third-order valence-corrected chi connectivity index (χ3v) is 3.66. The van der Waals surface area contributed by atoms with Crippen molar-refractivity contribution >= 4 is 39.9 Å². The molecule has 3 aromatic rings. The first-order chi connectivity index (χ1) is 9.70. The number of anilines is 1. The van der Waals surface area contributed by atoms with Gasteiger partial charge in [-0.3, -0.25) is 0 Å². The van der Waals surface area contributed by atoms with Crippen LogP contribution in [0.4, 0.5) is 5.82 Å². The van der Waals surface area contributed by atoms with Gasteiger partial charge in [0.05, 0.1) is 21.1 Å². The van der Waals surface area contributed by atoms with Gasteiger partial charge in [0, 0.05) is 12.4 Å². The molecule has 0 spiro atoms. The topological polar surface area (TPSA) is 37.8 Å². The molecule has 0 saturated carbocycles. The molecule has 3 nitrogen and oxygen atoms in total. The lowest BCUT2D eigenvalue weighted by atomic mass is 10.2. The van der Waals surface area contributed by atoms with Gasteiger partial charge >= 0.3 is 0 Å². The molecule has 5 heteroatoms. The van der Waals surface area contributed by atoms with Gasteiger partial charge in [-0.1, -0.05) is 41.4 Å². The average Bonchev–Trinajstić information content (AvgIpc) is 2.46. The Bertz CT molecular complexity index is 767. The van der Waals surface area contributed by atoms with Crippen LogP contribution in [-0.2, 0) is 0 Å². The van der Waals surface area contributed by atoms with E-state index in [2.05, 4.69) is 15.3 Å². The lowest BCUT2D eigenvalue weighted by molar-refractivity contribution is 1.21. The Hall–Kier alpha value is -1.84. The molecular formula is C15H11Cl2N3. The molecule has 0 fully saturated rings. The molecule has 3 rings (SSSR count). The quantitative estimate of drug-likeness (QED) is 0.749. The van der Waals surface area contributed by atoms with Gasteiger partial charge in [-0.25, -0.2) is 9.97 Å². The molecule has 0 unspecified atom stereocenters. The molecule has 1 aromatic heterocycles. The molecule has 0 radical (unpaired) electrons. The van der Waals surface area contributed by atoms with E-state index in [-0.39, 0.29) is 0 Å². The minimum absolute atomic E-state index is 0.517. The molecule has 0 aliphatic carbocycles. The summed E-state index contributed by atoms with van der Waals surface area (Å²) < 4.78 is 0. The monoisotopic (exact) mass is 303 g/mol. The Morgan fingerprint density at radius 3 is 2.30 bits per heavy atom. The Labute approximate surface area is 126 Å². The fraction of sp³-hybridized carbons (Fsp3) is 0.0667. The van der Waals surface area contributed by atoms with Gasteiger partial charge in [0.25, 0.3) is 0 Å². The van der Waals surface area contributed by atoms with E-state index in [0.717, 1.165) is 16.7 Å². The van der Waals surface area contributed by atoms with Crippen LogP contribution in [0.3, 0.4) is 0 Å². The van der Waals surface area contributed by atoms with Crippen molar-refractivity contribution in [2.75, 3.05) is 12.4 Å². The SMILES string of the molecule is CNc1nc(-c2c(Cl)cccc2Cl)nc2ccccc12. The summed E-state index contributed by atoms with van der Waals surface area (Å²) in [5.74, 6) is 1.27. The van der Waals surface area contributed by atoms with Crippen molar-refractivity contribution in [3.63, 3.8) is 0 Å². The Morgan fingerprint density at radius 1 is 0.900 bits per heavy atom. The van der Waals surface area contributed by atoms with Gasteiger partial charge < -0.3 is 5.32 Å². The maximum absolute atomic E-state index is 6.23. The van der Waals surface area contributed by atoms with Gasteiger partial charge in [0.15, 0.2) is 5.82 Å². The van der Waals surface area contributed by atoms with Crippen LogP contribution in [0.25, 0.3) is 22.3 Å². The van der Waals surface area contributed by atoms with Crippen molar-refractivity contribution in [3.05, 3.63) is 52.5 Å². The van der Waals surface area contributed by atoms with E-state index in [1.807, 2.05) is 31.3 Å². The van der Waals surface area contributed by atoms with E-state index in [9.17, 15) is 0 Å². The van der Waals surface area contributed by atoms with Gasteiger partial charge in [-0.05, 0) is 24.3 Å². The third kappa shape index (κ3) is 2.19. The number of rotatable bonds is 2.